The second kappa shape index (κ2) is 10.4. The van der Waals surface area contributed by atoms with Crippen LogP contribution in [-0.2, 0) is 11.8 Å². The molecule has 1 aromatic carbocycles. The Balaban J connectivity index is 1.55. The molecule has 0 aliphatic carbocycles. The van der Waals surface area contributed by atoms with E-state index in [1.54, 1.807) is 12.1 Å². The predicted molar refractivity (Wildman–Crippen MR) is 125 cm³/mol. The summed E-state index contributed by atoms with van der Waals surface area (Å²) in [7, 11) is 3.00. The van der Waals surface area contributed by atoms with E-state index in [1.807, 2.05) is 0 Å². The van der Waals surface area contributed by atoms with Crippen LogP contribution in [0.15, 0.2) is 29.1 Å². The number of nitrogens with two attached hydrogens (primary N) is 1. The van der Waals surface area contributed by atoms with Gasteiger partial charge in [0.25, 0.3) is 11.5 Å². The van der Waals surface area contributed by atoms with Crippen molar-refractivity contribution >= 4 is 28.6 Å². The zero-order valence-corrected chi connectivity index (χ0v) is 19.1. The monoisotopic (exact) mass is 469 g/mol. The van der Waals surface area contributed by atoms with Crippen LogP contribution < -0.4 is 26.1 Å². The number of ether oxygens (including phenoxy) is 3. The number of amides is 1. The smallest absolute Gasteiger partial charge is 0.278 e. The minimum atomic E-state index is -0.580. The Hall–Kier alpha value is -3.77. The lowest BCUT2D eigenvalue weighted by Crippen LogP contribution is -2.37. The fourth-order valence-corrected chi connectivity index (χ4v) is 3.64. The third kappa shape index (κ3) is 5.07. The molecule has 3 aromatic rings. The molecule has 1 saturated heterocycles. The zero-order chi connectivity index (χ0) is 24.1. The van der Waals surface area contributed by atoms with Crippen LogP contribution in [0.25, 0.3) is 10.9 Å². The number of carbonyl (C=O) groups excluding carboxylic acids is 1. The number of hydrogen-bond donors (Lipinski definition) is 2. The van der Waals surface area contributed by atoms with Crippen molar-refractivity contribution in [3.05, 3.63) is 40.3 Å². The maximum absolute atomic E-state index is 12.9. The molecule has 0 radical (unpaired) electrons. The summed E-state index contributed by atoms with van der Waals surface area (Å²) in [4.78, 5) is 32.3. The molecule has 2 aromatic heterocycles. The fraction of sp³-hybridized carbons (Fsp3) is 0.409. The van der Waals surface area contributed by atoms with Gasteiger partial charge in [0.1, 0.15) is 11.3 Å². The number of nitrogens with one attached hydrogen (secondary N) is 1. The topological polar surface area (TPSA) is 147 Å². The van der Waals surface area contributed by atoms with E-state index >= 15 is 0 Å². The molecule has 1 aliphatic rings. The van der Waals surface area contributed by atoms with Crippen LogP contribution >= 0.6 is 0 Å². The molecule has 0 atom stereocenters. The van der Waals surface area contributed by atoms with Gasteiger partial charge in [-0.1, -0.05) is 0 Å². The molecule has 4 rings (SSSR count). The number of aromatic nitrogens is 4. The number of fused-ring (bicyclic) bond motifs is 1. The molecule has 180 valence electrons. The maximum Gasteiger partial charge on any atom is 0.278 e. The quantitative estimate of drug-likeness (QED) is 0.451. The lowest BCUT2D eigenvalue weighted by molar-refractivity contribution is 0.0357. The van der Waals surface area contributed by atoms with Crippen molar-refractivity contribution in [2.75, 3.05) is 57.6 Å². The first-order valence-corrected chi connectivity index (χ1v) is 10.9. The van der Waals surface area contributed by atoms with Crippen molar-refractivity contribution < 1.29 is 19.0 Å². The highest BCUT2D eigenvalue weighted by Gasteiger charge is 2.19. The standard InChI is InChI=1S/C22H27N7O5/c1-28-21(31)14-4-6-16(34-11-3-8-29-9-12-33-13-10-29)19(32-2)18(14)24-22(28)25-20(30)15-5-7-17(23)27-26-15/h4-7H,3,8-13H2,1-2H3,(H2,23,27)(H,24,25,30). The van der Waals surface area contributed by atoms with E-state index in [4.69, 9.17) is 19.9 Å². The third-order valence-electron chi connectivity index (χ3n) is 5.49. The van der Waals surface area contributed by atoms with Gasteiger partial charge in [-0.05, 0) is 30.7 Å². The Bertz CT molecular complexity index is 1220. The number of rotatable bonds is 8. The van der Waals surface area contributed by atoms with E-state index in [-0.39, 0.29) is 28.5 Å². The van der Waals surface area contributed by atoms with Gasteiger partial charge in [0.2, 0.25) is 5.95 Å². The Kier molecular flexibility index (Phi) is 7.18. The van der Waals surface area contributed by atoms with E-state index in [1.165, 1.54) is 30.9 Å². The number of benzene rings is 1. The maximum atomic E-state index is 12.9. The van der Waals surface area contributed by atoms with Gasteiger partial charge in [-0.25, -0.2) is 4.98 Å². The molecule has 0 bridgehead atoms. The van der Waals surface area contributed by atoms with Crippen molar-refractivity contribution in [2.24, 2.45) is 7.05 Å². The van der Waals surface area contributed by atoms with Crippen molar-refractivity contribution in [3.63, 3.8) is 0 Å². The van der Waals surface area contributed by atoms with Crippen LogP contribution in [0.4, 0.5) is 11.8 Å². The molecule has 0 saturated carbocycles. The summed E-state index contributed by atoms with van der Waals surface area (Å²) < 4.78 is 18.1. The number of anilines is 2. The van der Waals surface area contributed by atoms with Crippen molar-refractivity contribution in [1.29, 1.82) is 0 Å². The van der Waals surface area contributed by atoms with Gasteiger partial charge in [-0.15, -0.1) is 10.2 Å². The highest BCUT2D eigenvalue weighted by atomic mass is 16.5. The number of morpholine rings is 1. The molecule has 3 N–H and O–H groups in total. The van der Waals surface area contributed by atoms with Gasteiger partial charge >= 0.3 is 0 Å². The van der Waals surface area contributed by atoms with Gasteiger partial charge in [-0.2, -0.15) is 0 Å². The molecule has 12 heteroatoms. The van der Waals surface area contributed by atoms with Crippen LogP contribution in [0.1, 0.15) is 16.9 Å². The molecule has 0 spiro atoms. The van der Waals surface area contributed by atoms with E-state index < -0.39 is 5.91 Å². The summed E-state index contributed by atoms with van der Waals surface area (Å²) in [6, 6.07) is 6.23. The largest absolute Gasteiger partial charge is 0.491 e. The van der Waals surface area contributed by atoms with Crippen LogP contribution in [0.3, 0.4) is 0 Å². The Morgan fingerprint density at radius 2 is 2.00 bits per heavy atom. The first-order chi connectivity index (χ1) is 16.5. The summed E-state index contributed by atoms with van der Waals surface area (Å²) in [5.41, 5.74) is 5.49. The first-order valence-electron chi connectivity index (χ1n) is 10.9. The zero-order valence-electron chi connectivity index (χ0n) is 19.1. The number of carbonyl (C=O) groups is 1. The van der Waals surface area contributed by atoms with Crippen LogP contribution in [0.2, 0.25) is 0 Å². The minimum absolute atomic E-state index is 0.0314. The summed E-state index contributed by atoms with van der Waals surface area (Å²) >= 11 is 0. The van der Waals surface area contributed by atoms with Gasteiger partial charge < -0.3 is 19.9 Å². The van der Waals surface area contributed by atoms with Crippen LogP contribution in [0, 0.1) is 0 Å². The first kappa shape index (κ1) is 23.4. The van der Waals surface area contributed by atoms with Gasteiger partial charge in [0.15, 0.2) is 17.2 Å². The Morgan fingerprint density at radius 3 is 2.71 bits per heavy atom. The average molecular weight is 470 g/mol. The van der Waals surface area contributed by atoms with E-state index in [9.17, 15) is 9.59 Å². The third-order valence-corrected chi connectivity index (χ3v) is 5.49. The highest BCUT2D eigenvalue weighted by Crippen LogP contribution is 2.34. The number of methoxy groups -OCH3 is 1. The normalized spacial score (nSPS) is 14.2. The summed E-state index contributed by atoms with van der Waals surface area (Å²) in [5.74, 6) is 0.437. The Morgan fingerprint density at radius 1 is 1.21 bits per heavy atom. The minimum Gasteiger partial charge on any atom is -0.491 e. The van der Waals surface area contributed by atoms with Crippen LogP contribution in [0.5, 0.6) is 11.5 Å². The molecule has 0 unspecified atom stereocenters. The van der Waals surface area contributed by atoms with E-state index in [0.29, 0.717) is 23.5 Å². The molecule has 3 heterocycles. The second-order valence-corrected chi connectivity index (χ2v) is 7.75. The molecule has 1 fully saturated rings. The number of hydrogen-bond acceptors (Lipinski definition) is 10. The van der Waals surface area contributed by atoms with Crippen LogP contribution in [-0.4, -0.2) is 77.1 Å². The molecule has 1 amide bonds. The van der Waals surface area contributed by atoms with Crippen molar-refractivity contribution in [1.82, 2.24) is 24.6 Å². The highest BCUT2D eigenvalue weighted by molar-refractivity contribution is 6.02. The van der Waals surface area contributed by atoms with Crippen molar-refractivity contribution in [2.45, 2.75) is 6.42 Å². The molecular formula is C22H27N7O5. The average Bonchev–Trinajstić information content (AvgIpc) is 2.85. The van der Waals surface area contributed by atoms with E-state index in [2.05, 4.69) is 25.4 Å². The lowest BCUT2D eigenvalue weighted by Gasteiger charge is -2.26. The fourth-order valence-electron chi connectivity index (χ4n) is 3.64. The molecule has 1 aliphatic heterocycles. The lowest BCUT2D eigenvalue weighted by atomic mass is 10.2. The summed E-state index contributed by atoms with van der Waals surface area (Å²) in [5, 5.41) is 10.4. The Labute approximate surface area is 195 Å². The van der Waals surface area contributed by atoms with Gasteiger partial charge in [0, 0.05) is 26.7 Å². The van der Waals surface area contributed by atoms with Gasteiger partial charge in [0.05, 0.1) is 32.3 Å². The number of nitrogen functional groups attached to an aromatic ring is 1. The van der Waals surface area contributed by atoms with E-state index in [0.717, 1.165) is 39.3 Å². The second-order valence-electron chi connectivity index (χ2n) is 7.75. The van der Waals surface area contributed by atoms with Crippen molar-refractivity contribution in [3.8, 4) is 11.5 Å². The number of nitrogens with zero attached hydrogens (tertiary/aromatic N) is 5. The van der Waals surface area contributed by atoms with Gasteiger partial charge in [-0.3, -0.25) is 24.4 Å². The summed E-state index contributed by atoms with van der Waals surface area (Å²) in [6.07, 6.45) is 0.828. The molecule has 12 nitrogen and oxygen atoms in total. The summed E-state index contributed by atoms with van der Waals surface area (Å²) in [6.45, 7) is 4.73. The SMILES string of the molecule is COc1c(OCCCN2CCOCC2)ccc2c(=O)n(C)c(NC(=O)c3ccc(N)nn3)nc12. The predicted octanol–water partition coefficient (Wildman–Crippen LogP) is 0.668. The molecule has 34 heavy (non-hydrogen) atoms. The molecular weight excluding hydrogens is 442 g/mol.